The molecule has 1 atom stereocenters. The Kier molecular flexibility index (Phi) is 5.03. The predicted molar refractivity (Wildman–Crippen MR) is 97.9 cm³/mol. The number of rotatable bonds is 5. The van der Waals surface area contributed by atoms with Crippen molar-refractivity contribution < 1.29 is 14.3 Å². The van der Waals surface area contributed by atoms with Gasteiger partial charge in [0.25, 0.3) is 0 Å². The van der Waals surface area contributed by atoms with Gasteiger partial charge in [0, 0.05) is 30.4 Å². The summed E-state index contributed by atoms with van der Waals surface area (Å²) in [6, 6.07) is 15.0. The molecule has 2 aromatic carbocycles. The van der Waals surface area contributed by atoms with E-state index >= 15 is 0 Å². The lowest BCUT2D eigenvalue weighted by Gasteiger charge is -2.17. The van der Waals surface area contributed by atoms with Crippen molar-refractivity contribution in [3.05, 3.63) is 54.1 Å². The van der Waals surface area contributed by atoms with Crippen LogP contribution >= 0.6 is 0 Å². The number of ether oxygens (including phenoxy) is 1. The predicted octanol–water partition coefficient (Wildman–Crippen LogP) is 3.39. The molecule has 1 heterocycles. The van der Waals surface area contributed by atoms with Crippen molar-refractivity contribution in [1.82, 2.24) is 0 Å². The highest BCUT2D eigenvalue weighted by atomic mass is 16.5. The first kappa shape index (κ1) is 17.0. The van der Waals surface area contributed by atoms with Gasteiger partial charge in [-0.25, -0.2) is 0 Å². The first-order valence-corrected chi connectivity index (χ1v) is 8.47. The molecule has 25 heavy (non-hydrogen) atoms. The van der Waals surface area contributed by atoms with E-state index in [1.54, 1.807) is 11.0 Å². The van der Waals surface area contributed by atoms with Crippen LogP contribution in [0.5, 0.6) is 5.75 Å². The third-order valence-electron chi connectivity index (χ3n) is 4.25. The highest BCUT2D eigenvalue weighted by Crippen LogP contribution is 2.27. The zero-order valence-corrected chi connectivity index (χ0v) is 14.5. The van der Waals surface area contributed by atoms with Crippen LogP contribution in [0.4, 0.5) is 11.4 Å². The van der Waals surface area contributed by atoms with Gasteiger partial charge in [-0.1, -0.05) is 23.8 Å². The van der Waals surface area contributed by atoms with Crippen molar-refractivity contribution in [3.8, 4) is 5.75 Å². The smallest absolute Gasteiger partial charge is 0.229 e. The number of nitrogens with one attached hydrogen (secondary N) is 1. The molecule has 0 unspecified atom stereocenters. The average molecular weight is 338 g/mol. The van der Waals surface area contributed by atoms with Crippen molar-refractivity contribution in [2.45, 2.75) is 20.3 Å². The van der Waals surface area contributed by atoms with Crippen molar-refractivity contribution in [2.75, 3.05) is 23.4 Å². The highest BCUT2D eigenvalue weighted by molar-refractivity contribution is 6.03. The molecule has 0 radical (unpaired) electrons. The summed E-state index contributed by atoms with van der Waals surface area (Å²) in [5.74, 6) is 0.192. The van der Waals surface area contributed by atoms with Gasteiger partial charge >= 0.3 is 0 Å². The molecule has 5 nitrogen and oxygen atoms in total. The van der Waals surface area contributed by atoms with Crippen LogP contribution in [-0.4, -0.2) is 25.0 Å². The van der Waals surface area contributed by atoms with Gasteiger partial charge in [0.05, 0.1) is 12.5 Å². The largest absolute Gasteiger partial charge is 0.494 e. The van der Waals surface area contributed by atoms with E-state index in [1.807, 2.05) is 56.3 Å². The van der Waals surface area contributed by atoms with Crippen LogP contribution in [0.1, 0.15) is 18.9 Å². The van der Waals surface area contributed by atoms with Crippen molar-refractivity contribution in [1.29, 1.82) is 0 Å². The zero-order valence-electron chi connectivity index (χ0n) is 14.5. The lowest BCUT2D eigenvalue weighted by atomic mass is 10.1. The van der Waals surface area contributed by atoms with E-state index in [0.717, 1.165) is 11.3 Å². The van der Waals surface area contributed by atoms with E-state index in [2.05, 4.69) is 5.32 Å². The summed E-state index contributed by atoms with van der Waals surface area (Å²) in [4.78, 5) is 26.5. The van der Waals surface area contributed by atoms with Crippen LogP contribution in [0.2, 0.25) is 0 Å². The van der Waals surface area contributed by atoms with Crippen molar-refractivity contribution in [3.63, 3.8) is 0 Å². The zero-order chi connectivity index (χ0) is 17.8. The fourth-order valence-corrected chi connectivity index (χ4v) is 2.93. The fourth-order valence-electron chi connectivity index (χ4n) is 2.93. The summed E-state index contributed by atoms with van der Waals surface area (Å²) >= 11 is 0. The van der Waals surface area contributed by atoms with E-state index in [-0.39, 0.29) is 24.2 Å². The summed E-state index contributed by atoms with van der Waals surface area (Å²) in [6.45, 7) is 4.89. The van der Waals surface area contributed by atoms with Gasteiger partial charge in [-0.3, -0.25) is 9.59 Å². The minimum Gasteiger partial charge on any atom is -0.494 e. The van der Waals surface area contributed by atoms with E-state index in [9.17, 15) is 9.59 Å². The van der Waals surface area contributed by atoms with E-state index < -0.39 is 0 Å². The molecule has 1 N–H and O–H groups in total. The molecular weight excluding hydrogens is 316 g/mol. The van der Waals surface area contributed by atoms with Crippen LogP contribution < -0.4 is 15.0 Å². The van der Waals surface area contributed by atoms with Gasteiger partial charge in [-0.2, -0.15) is 0 Å². The Balaban J connectivity index is 1.66. The number of nitrogens with zero attached hydrogens (tertiary/aromatic N) is 1. The molecule has 5 heteroatoms. The van der Waals surface area contributed by atoms with E-state index in [0.29, 0.717) is 24.6 Å². The molecule has 2 amide bonds. The van der Waals surface area contributed by atoms with Crippen molar-refractivity contribution >= 4 is 23.2 Å². The van der Waals surface area contributed by atoms with Gasteiger partial charge in [0.2, 0.25) is 11.8 Å². The summed E-state index contributed by atoms with van der Waals surface area (Å²) in [5.41, 5.74) is 2.65. The minimum atomic E-state index is -0.357. The lowest BCUT2D eigenvalue weighted by Crippen LogP contribution is -2.28. The van der Waals surface area contributed by atoms with Gasteiger partial charge in [-0.05, 0) is 38.1 Å². The minimum absolute atomic E-state index is 0.0212. The molecule has 0 spiro atoms. The Morgan fingerprint density at radius 2 is 2.00 bits per heavy atom. The maximum absolute atomic E-state index is 12.5. The molecule has 2 aromatic rings. The fraction of sp³-hybridized carbons (Fsp3) is 0.300. The van der Waals surface area contributed by atoms with Crippen LogP contribution in [0.15, 0.2) is 48.5 Å². The van der Waals surface area contributed by atoms with Crippen LogP contribution in [0.25, 0.3) is 0 Å². The van der Waals surface area contributed by atoms with Gasteiger partial charge in [0.1, 0.15) is 5.75 Å². The second-order valence-electron chi connectivity index (χ2n) is 6.19. The number of amides is 2. The van der Waals surface area contributed by atoms with Crippen LogP contribution in [0, 0.1) is 12.8 Å². The molecule has 1 fully saturated rings. The topological polar surface area (TPSA) is 58.6 Å². The van der Waals surface area contributed by atoms with E-state index in [1.165, 1.54) is 0 Å². The Bertz CT molecular complexity index is 771. The molecule has 0 bridgehead atoms. The monoisotopic (exact) mass is 338 g/mol. The number of anilines is 2. The SMILES string of the molecule is CCOc1cccc(NC(=O)[C@@H]2CC(=O)N(c3ccc(C)cc3)C2)c1. The van der Waals surface area contributed by atoms with Gasteiger partial charge in [-0.15, -0.1) is 0 Å². The second-order valence-corrected chi connectivity index (χ2v) is 6.19. The Labute approximate surface area is 147 Å². The molecule has 1 aliphatic rings. The lowest BCUT2D eigenvalue weighted by molar-refractivity contribution is -0.122. The summed E-state index contributed by atoms with van der Waals surface area (Å²) < 4.78 is 5.44. The van der Waals surface area contributed by atoms with Gasteiger partial charge in [0.15, 0.2) is 0 Å². The maximum atomic E-state index is 12.5. The Morgan fingerprint density at radius 3 is 2.72 bits per heavy atom. The molecule has 0 aromatic heterocycles. The number of hydrogen-bond acceptors (Lipinski definition) is 3. The third-order valence-corrected chi connectivity index (χ3v) is 4.25. The molecule has 1 saturated heterocycles. The number of carbonyl (C=O) groups excluding carboxylic acids is 2. The van der Waals surface area contributed by atoms with Crippen LogP contribution in [-0.2, 0) is 9.59 Å². The first-order valence-electron chi connectivity index (χ1n) is 8.47. The third kappa shape index (κ3) is 3.99. The normalized spacial score (nSPS) is 16.8. The number of aryl methyl sites for hydroxylation is 1. The first-order chi connectivity index (χ1) is 12.1. The number of benzene rings is 2. The molecule has 0 aliphatic carbocycles. The summed E-state index contributed by atoms with van der Waals surface area (Å²) in [5, 5.41) is 2.89. The van der Waals surface area contributed by atoms with Crippen LogP contribution in [0.3, 0.4) is 0 Å². The highest BCUT2D eigenvalue weighted by Gasteiger charge is 2.35. The Hall–Kier alpha value is -2.82. The molecular formula is C20H22N2O3. The molecule has 130 valence electrons. The molecule has 1 aliphatic heterocycles. The standard InChI is InChI=1S/C20H22N2O3/c1-3-25-18-6-4-5-16(12-18)21-20(24)15-11-19(23)22(13-15)17-9-7-14(2)8-10-17/h4-10,12,15H,3,11,13H2,1-2H3,(H,21,24)/t15-/m1/s1. The quantitative estimate of drug-likeness (QED) is 0.909. The summed E-state index contributed by atoms with van der Waals surface area (Å²) in [6.07, 6.45) is 0.227. The number of carbonyl (C=O) groups is 2. The Morgan fingerprint density at radius 1 is 1.24 bits per heavy atom. The second kappa shape index (κ2) is 7.38. The number of hydrogen-bond donors (Lipinski definition) is 1. The molecule has 3 rings (SSSR count). The van der Waals surface area contributed by atoms with Crippen molar-refractivity contribution in [2.24, 2.45) is 5.92 Å². The summed E-state index contributed by atoms with van der Waals surface area (Å²) in [7, 11) is 0. The average Bonchev–Trinajstić information content (AvgIpc) is 2.98. The van der Waals surface area contributed by atoms with E-state index in [4.69, 9.17) is 4.74 Å². The molecule has 0 saturated carbocycles. The van der Waals surface area contributed by atoms with Gasteiger partial charge < -0.3 is 15.0 Å². The maximum Gasteiger partial charge on any atom is 0.229 e.